The van der Waals surface area contributed by atoms with Crippen LogP contribution in [0.1, 0.15) is 90.9 Å². The van der Waals surface area contributed by atoms with Gasteiger partial charge in [0.25, 0.3) is 5.60 Å². The standard InChI is InChI=1S/C41H63N7O5/c1-5-45-32-22-26-11-7-6-10-25(26)21-27(32)23-52-38(51)41-36(50)30-13-9-8-12-29(30)35(49)40(41,53-41)18-16-24(2)20-33(47-39(42)44-4)28-17-19-46-37-31(28)14-15-34(43-3)48-37/h7,11,16,22,25,27-34,37,43,45-46,48H,5-6,8-10,12-15,17-21,23H2,1-4H3,(H3,42,44,47)/p+4. The number of hydrogen-bond acceptors (Lipinski definition) is 6. The number of hydrogen-bond donors (Lipinski definition) is 7. The summed E-state index contributed by atoms with van der Waals surface area (Å²) in [6.45, 7) is 6.42. The second-order valence-corrected chi connectivity index (χ2v) is 17.2. The number of epoxide rings is 1. The summed E-state index contributed by atoms with van der Waals surface area (Å²) in [4.78, 5) is 46.3. The van der Waals surface area contributed by atoms with Crippen molar-refractivity contribution in [2.75, 3.05) is 33.8 Å². The number of nitrogens with two attached hydrogens (primary N) is 4. The van der Waals surface area contributed by atoms with Crippen molar-refractivity contribution in [1.29, 1.82) is 0 Å². The highest BCUT2D eigenvalue weighted by molar-refractivity contribution is 6.23. The molecule has 0 spiro atoms. The van der Waals surface area contributed by atoms with Crippen LogP contribution in [0.3, 0.4) is 0 Å². The fourth-order valence-electron chi connectivity index (χ4n) is 11.3. The summed E-state index contributed by atoms with van der Waals surface area (Å²) >= 11 is 0. The molecule has 12 nitrogen and oxygen atoms in total. The Hall–Kier alpha value is -2.90. The van der Waals surface area contributed by atoms with Gasteiger partial charge in [-0.25, -0.2) is 10.1 Å². The predicted octanol–water partition coefficient (Wildman–Crippen LogP) is -2.00. The average Bonchev–Trinajstić information content (AvgIpc) is 3.89. The second kappa shape index (κ2) is 16.1. The molecule has 3 saturated heterocycles. The van der Waals surface area contributed by atoms with E-state index in [1.807, 2.05) is 7.05 Å². The Kier molecular flexibility index (Phi) is 11.6. The van der Waals surface area contributed by atoms with E-state index in [0.717, 1.165) is 76.5 Å². The molecule has 5 fully saturated rings. The van der Waals surface area contributed by atoms with E-state index in [9.17, 15) is 14.4 Å². The summed E-state index contributed by atoms with van der Waals surface area (Å²) in [6, 6.07) is 0.283. The minimum Gasteiger partial charge on any atom is -0.463 e. The lowest BCUT2D eigenvalue weighted by atomic mass is 9.61. The van der Waals surface area contributed by atoms with Crippen molar-refractivity contribution >= 4 is 23.5 Å². The highest BCUT2D eigenvalue weighted by atomic mass is 16.7. The van der Waals surface area contributed by atoms with Crippen molar-refractivity contribution in [2.24, 2.45) is 41.2 Å². The number of likely N-dealkylation sites (N-methyl/N-ethyl adjacent to an activating group) is 1. The zero-order valence-corrected chi connectivity index (χ0v) is 32.5. The number of allylic oxidation sites excluding steroid dienone is 3. The molecular formula is C41H67N7O5+4. The molecule has 292 valence electrons. The molecule has 0 radical (unpaired) electrons. The number of esters is 1. The molecule has 11 N–H and O–H groups in total. The van der Waals surface area contributed by atoms with E-state index in [0.29, 0.717) is 48.9 Å². The van der Waals surface area contributed by atoms with Crippen LogP contribution < -0.4 is 37.3 Å². The number of nitrogens with one attached hydrogen (secondary N) is 3. The van der Waals surface area contributed by atoms with E-state index in [1.54, 1.807) is 0 Å². The Morgan fingerprint density at radius 2 is 1.98 bits per heavy atom. The van der Waals surface area contributed by atoms with Crippen molar-refractivity contribution < 1.29 is 44.8 Å². The summed E-state index contributed by atoms with van der Waals surface area (Å²) in [5.41, 5.74) is 5.49. The van der Waals surface area contributed by atoms with Gasteiger partial charge in [0.2, 0.25) is 0 Å². The Bertz CT molecular complexity index is 1530. The fourth-order valence-corrected chi connectivity index (χ4v) is 11.3. The van der Waals surface area contributed by atoms with Crippen LogP contribution in [0, 0.1) is 35.5 Å². The number of quaternary nitrogens is 3. The van der Waals surface area contributed by atoms with Crippen molar-refractivity contribution in [2.45, 2.75) is 127 Å². The summed E-state index contributed by atoms with van der Waals surface area (Å²) in [5, 5.41) is 14.5. The summed E-state index contributed by atoms with van der Waals surface area (Å²) in [5.74, 6) is 0.209. The molecule has 12 heteroatoms. The van der Waals surface area contributed by atoms with E-state index in [-0.39, 0.29) is 42.6 Å². The molecule has 4 aliphatic carbocycles. The number of piperidine rings is 2. The van der Waals surface area contributed by atoms with Crippen LogP contribution in [0.4, 0.5) is 0 Å². The first-order valence-electron chi connectivity index (χ1n) is 20.9. The van der Waals surface area contributed by atoms with Crippen LogP contribution in [-0.2, 0) is 23.9 Å². The summed E-state index contributed by atoms with van der Waals surface area (Å²) in [7, 11) is 3.96. The molecule has 3 aliphatic heterocycles. The molecule has 7 rings (SSSR count). The fraction of sp³-hybridized carbons (Fsp3) is 0.756. The van der Waals surface area contributed by atoms with Crippen molar-refractivity contribution in [1.82, 2.24) is 10.6 Å². The van der Waals surface area contributed by atoms with E-state index >= 15 is 0 Å². The molecule has 0 aromatic carbocycles. The number of ether oxygens (including phenoxy) is 2. The predicted molar refractivity (Wildman–Crippen MR) is 199 cm³/mol. The lowest BCUT2D eigenvalue weighted by Crippen LogP contribution is -3.03. The van der Waals surface area contributed by atoms with Crippen molar-refractivity contribution in [3.8, 4) is 0 Å². The molecule has 0 aromatic rings. The molecule has 0 amide bonds. The van der Waals surface area contributed by atoms with Crippen LogP contribution in [0.15, 0.2) is 35.5 Å². The lowest BCUT2D eigenvalue weighted by molar-refractivity contribution is -0.739. The normalized spacial score (nSPS) is 40.2. The average molecular weight is 738 g/mol. The van der Waals surface area contributed by atoms with Gasteiger partial charge in [-0.05, 0) is 69.9 Å². The van der Waals surface area contributed by atoms with Gasteiger partial charge in [0, 0.05) is 55.3 Å². The first kappa shape index (κ1) is 38.4. The van der Waals surface area contributed by atoms with Gasteiger partial charge in [-0.2, -0.15) is 0 Å². The highest BCUT2D eigenvalue weighted by Gasteiger charge is 2.87. The van der Waals surface area contributed by atoms with Crippen molar-refractivity contribution in [3.63, 3.8) is 0 Å². The molecular weight excluding hydrogens is 670 g/mol. The SMILES string of the molecule is CC[NH2+]C1C=C2C=CCCC2CC1COC(=O)C12OC1(CC=C(C)CC(NC(N)=[NH+]C)C1CC[NH2+]C3NC([NH2+]C)CCC31)C(=O)C1CCCCC1C2=O. The third-order valence-electron chi connectivity index (χ3n) is 14.2. The van der Waals surface area contributed by atoms with Crippen LogP contribution in [0.5, 0.6) is 0 Å². The lowest BCUT2D eigenvalue weighted by Gasteiger charge is -2.43. The molecule has 7 aliphatic rings. The van der Waals surface area contributed by atoms with Gasteiger partial charge >= 0.3 is 11.9 Å². The van der Waals surface area contributed by atoms with E-state index in [1.165, 1.54) is 5.57 Å². The quantitative estimate of drug-likeness (QED) is 0.0299. The Morgan fingerprint density at radius 1 is 1.19 bits per heavy atom. The van der Waals surface area contributed by atoms with Crippen LogP contribution >= 0.6 is 0 Å². The van der Waals surface area contributed by atoms with Gasteiger partial charge in [0.15, 0.2) is 17.2 Å². The first-order valence-corrected chi connectivity index (χ1v) is 20.9. The molecule has 0 bridgehead atoms. The number of Topliss-reactive ketones (excluding diaryl/α,β-unsaturated/α-hetero) is 2. The largest absolute Gasteiger partial charge is 0.463 e. The Balaban J connectivity index is 1.10. The smallest absolute Gasteiger partial charge is 0.350 e. The molecule has 12 atom stereocenters. The number of guanidine groups is 1. The number of fused-ring (bicyclic) bond motifs is 4. The third kappa shape index (κ3) is 7.19. The first-order chi connectivity index (χ1) is 25.6. The zero-order chi connectivity index (χ0) is 37.3. The van der Waals surface area contributed by atoms with E-state index in [4.69, 9.17) is 15.2 Å². The maximum atomic E-state index is 14.5. The molecule has 0 aromatic heterocycles. The highest BCUT2D eigenvalue weighted by Crippen LogP contribution is 2.61. The number of carbonyl (C=O) groups is 3. The Morgan fingerprint density at radius 3 is 2.74 bits per heavy atom. The molecule has 2 saturated carbocycles. The van der Waals surface area contributed by atoms with Gasteiger partial charge in [0.05, 0.1) is 33.2 Å². The maximum Gasteiger partial charge on any atom is 0.350 e. The maximum absolute atomic E-state index is 14.5. The zero-order valence-electron chi connectivity index (χ0n) is 32.5. The van der Waals surface area contributed by atoms with Crippen LogP contribution in [-0.4, -0.2) is 92.9 Å². The third-order valence-corrected chi connectivity index (χ3v) is 14.2. The van der Waals surface area contributed by atoms with Crippen molar-refractivity contribution in [3.05, 3.63) is 35.5 Å². The molecule has 3 heterocycles. The molecule has 12 unspecified atom stereocenters. The number of carbonyl (C=O) groups excluding carboxylic acids is 3. The van der Waals surface area contributed by atoms with Crippen LogP contribution in [0.25, 0.3) is 0 Å². The van der Waals surface area contributed by atoms with Crippen LogP contribution in [0.2, 0.25) is 0 Å². The van der Waals surface area contributed by atoms with Gasteiger partial charge in [-0.1, -0.05) is 36.6 Å². The van der Waals surface area contributed by atoms with E-state index < -0.39 is 29.0 Å². The van der Waals surface area contributed by atoms with E-state index in [2.05, 4.69) is 76.8 Å². The second-order valence-electron chi connectivity index (χ2n) is 17.2. The van der Waals surface area contributed by atoms with Gasteiger partial charge in [-0.15, -0.1) is 0 Å². The summed E-state index contributed by atoms with van der Waals surface area (Å²) < 4.78 is 12.5. The number of ketones is 2. The molecule has 53 heavy (non-hydrogen) atoms. The Labute approximate surface area is 315 Å². The number of rotatable bonds is 12. The van der Waals surface area contributed by atoms with Gasteiger partial charge in [0.1, 0.15) is 25.0 Å². The topological polar surface area (TPSA) is 187 Å². The minimum absolute atomic E-state index is 0.0807. The summed E-state index contributed by atoms with van der Waals surface area (Å²) in [6.07, 6.45) is 20.2. The minimum atomic E-state index is -1.85. The van der Waals surface area contributed by atoms with Gasteiger partial charge in [-0.3, -0.25) is 25.6 Å². The van der Waals surface area contributed by atoms with Gasteiger partial charge < -0.3 is 25.4 Å². The monoisotopic (exact) mass is 738 g/mol.